The highest BCUT2D eigenvalue weighted by Gasteiger charge is 2.29. The third-order valence-electron chi connectivity index (χ3n) is 3.21. The highest BCUT2D eigenvalue weighted by Crippen LogP contribution is 2.25. The molecule has 1 aliphatic carbocycles. The molecule has 0 aromatic heterocycles. The Hall–Kier alpha value is -0.770. The van der Waals surface area contributed by atoms with E-state index in [-0.39, 0.29) is 12.1 Å². The molecule has 0 heterocycles. The van der Waals surface area contributed by atoms with Crippen LogP contribution < -0.4 is 0 Å². The quantitative estimate of drug-likeness (QED) is 0.748. The van der Waals surface area contributed by atoms with E-state index in [1.165, 1.54) is 0 Å². The molecule has 0 unspecified atom stereocenters. The van der Waals surface area contributed by atoms with Gasteiger partial charge in [-0.2, -0.15) is 0 Å². The van der Waals surface area contributed by atoms with Crippen molar-refractivity contribution in [3.05, 3.63) is 0 Å². The van der Waals surface area contributed by atoms with E-state index >= 15 is 0 Å². The summed E-state index contributed by atoms with van der Waals surface area (Å²) < 4.78 is 10.7. The summed E-state index contributed by atoms with van der Waals surface area (Å²) in [5, 5.41) is 0. The standard InChI is InChI=1S/C13H25NO3/c1-13(2,3)17-12(15)14(4)10-6-8-11(16-5)9-7-10/h10-11H,6-9H2,1-5H3/t10-,11+. The SMILES string of the molecule is CO[C@H]1CC[C@@H](N(C)C(=O)OC(C)(C)C)CC1. The number of rotatable bonds is 2. The number of methoxy groups -OCH3 is 1. The first-order chi connectivity index (χ1) is 7.83. The second-order valence-corrected chi connectivity index (χ2v) is 5.76. The number of carbonyl (C=O) groups is 1. The van der Waals surface area contributed by atoms with Gasteiger partial charge in [-0.05, 0) is 46.5 Å². The van der Waals surface area contributed by atoms with E-state index in [4.69, 9.17) is 9.47 Å². The average Bonchev–Trinajstić information content (AvgIpc) is 2.26. The molecule has 1 amide bonds. The summed E-state index contributed by atoms with van der Waals surface area (Å²) in [6.07, 6.45) is 4.17. The number of hydrogen-bond acceptors (Lipinski definition) is 3. The van der Waals surface area contributed by atoms with E-state index in [0.29, 0.717) is 6.10 Å². The first kappa shape index (κ1) is 14.3. The zero-order chi connectivity index (χ0) is 13.1. The Morgan fingerprint density at radius 1 is 1.18 bits per heavy atom. The first-order valence-corrected chi connectivity index (χ1v) is 6.32. The van der Waals surface area contributed by atoms with Gasteiger partial charge in [-0.3, -0.25) is 0 Å². The summed E-state index contributed by atoms with van der Waals surface area (Å²) in [4.78, 5) is 13.6. The molecule has 100 valence electrons. The second kappa shape index (κ2) is 5.71. The zero-order valence-electron chi connectivity index (χ0n) is 11.7. The number of carbonyl (C=O) groups excluding carboxylic acids is 1. The van der Waals surface area contributed by atoms with Gasteiger partial charge in [0, 0.05) is 20.2 Å². The van der Waals surface area contributed by atoms with Gasteiger partial charge in [0.1, 0.15) is 5.60 Å². The van der Waals surface area contributed by atoms with Crippen molar-refractivity contribution in [2.45, 2.75) is 64.2 Å². The molecule has 0 bridgehead atoms. The van der Waals surface area contributed by atoms with Crippen LogP contribution in [0.15, 0.2) is 0 Å². The van der Waals surface area contributed by atoms with Gasteiger partial charge in [-0.25, -0.2) is 4.79 Å². The Morgan fingerprint density at radius 2 is 1.71 bits per heavy atom. The van der Waals surface area contributed by atoms with E-state index < -0.39 is 5.60 Å². The van der Waals surface area contributed by atoms with Crippen LogP contribution in [0.4, 0.5) is 4.79 Å². The van der Waals surface area contributed by atoms with E-state index in [1.807, 2.05) is 27.8 Å². The Morgan fingerprint density at radius 3 is 2.12 bits per heavy atom. The van der Waals surface area contributed by atoms with E-state index in [1.54, 1.807) is 12.0 Å². The predicted octanol–water partition coefficient (Wildman–Crippen LogP) is 2.81. The molecule has 0 spiro atoms. The third kappa shape index (κ3) is 4.54. The molecule has 1 fully saturated rings. The van der Waals surface area contributed by atoms with Crippen LogP contribution in [-0.2, 0) is 9.47 Å². The van der Waals surface area contributed by atoms with Crippen molar-refractivity contribution in [1.29, 1.82) is 0 Å². The fourth-order valence-electron chi connectivity index (χ4n) is 2.15. The number of nitrogens with zero attached hydrogens (tertiary/aromatic N) is 1. The highest BCUT2D eigenvalue weighted by atomic mass is 16.6. The Balaban J connectivity index is 2.43. The number of hydrogen-bond donors (Lipinski definition) is 0. The van der Waals surface area contributed by atoms with Gasteiger partial charge >= 0.3 is 6.09 Å². The van der Waals surface area contributed by atoms with Crippen molar-refractivity contribution >= 4 is 6.09 Å². The monoisotopic (exact) mass is 243 g/mol. The van der Waals surface area contributed by atoms with Gasteiger partial charge in [0.25, 0.3) is 0 Å². The molecule has 0 radical (unpaired) electrons. The van der Waals surface area contributed by atoms with Crippen molar-refractivity contribution in [1.82, 2.24) is 4.90 Å². The van der Waals surface area contributed by atoms with Crippen LogP contribution in [0.2, 0.25) is 0 Å². The molecule has 0 atom stereocenters. The van der Waals surface area contributed by atoms with Crippen LogP contribution in [0.3, 0.4) is 0 Å². The van der Waals surface area contributed by atoms with Gasteiger partial charge in [0.2, 0.25) is 0 Å². The summed E-state index contributed by atoms with van der Waals surface area (Å²) in [6, 6.07) is 0.288. The molecular formula is C13H25NO3. The first-order valence-electron chi connectivity index (χ1n) is 6.32. The maximum absolute atomic E-state index is 11.9. The van der Waals surface area contributed by atoms with Gasteiger partial charge in [-0.1, -0.05) is 0 Å². The van der Waals surface area contributed by atoms with Crippen LogP contribution in [-0.4, -0.2) is 42.9 Å². The van der Waals surface area contributed by atoms with Crippen LogP contribution in [0.25, 0.3) is 0 Å². The van der Waals surface area contributed by atoms with Crippen LogP contribution in [0.1, 0.15) is 46.5 Å². The van der Waals surface area contributed by atoms with Crippen molar-refractivity contribution in [3.8, 4) is 0 Å². The fourth-order valence-corrected chi connectivity index (χ4v) is 2.15. The summed E-state index contributed by atoms with van der Waals surface area (Å²) >= 11 is 0. The van der Waals surface area contributed by atoms with Crippen LogP contribution in [0, 0.1) is 0 Å². The maximum atomic E-state index is 11.9. The molecule has 1 aliphatic rings. The van der Waals surface area contributed by atoms with E-state index in [9.17, 15) is 4.79 Å². The van der Waals surface area contributed by atoms with Gasteiger partial charge in [0.15, 0.2) is 0 Å². The normalized spacial score (nSPS) is 25.5. The van der Waals surface area contributed by atoms with Crippen molar-refractivity contribution in [3.63, 3.8) is 0 Å². The lowest BCUT2D eigenvalue weighted by Gasteiger charge is -2.35. The van der Waals surface area contributed by atoms with Crippen LogP contribution in [0.5, 0.6) is 0 Å². The summed E-state index contributed by atoms with van der Waals surface area (Å²) in [5.41, 5.74) is -0.422. The summed E-state index contributed by atoms with van der Waals surface area (Å²) in [5.74, 6) is 0. The molecule has 4 nitrogen and oxygen atoms in total. The zero-order valence-corrected chi connectivity index (χ0v) is 11.7. The smallest absolute Gasteiger partial charge is 0.410 e. The average molecular weight is 243 g/mol. The van der Waals surface area contributed by atoms with Crippen molar-refractivity contribution in [2.24, 2.45) is 0 Å². The molecule has 17 heavy (non-hydrogen) atoms. The second-order valence-electron chi connectivity index (χ2n) is 5.76. The van der Waals surface area contributed by atoms with Crippen molar-refractivity contribution in [2.75, 3.05) is 14.2 Å². The van der Waals surface area contributed by atoms with E-state index in [0.717, 1.165) is 25.7 Å². The molecule has 0 aromatic rings. The minimum absolute atomic E-state index is 0.224. The fraction of sp³-hybridized carbons (Fsp3) is 0.923. The lowest BCUT2D eigenvalue weighted by molar-refractivity contribution is 0.00670. The van der Waals surface area contributed by atoms with Crippen molar-refractivity contribution < 1.29 is 14.3 Å². The molecule has 0 aromatic carbocycles. The Kier molecular flexibility index (Phi) is 4.80. The molecular weight excluding hydrogens is 218 g/mol. The van der Waals surface area contributed by atoms with Gasteiger partial charge in [-0.15, -0.1) is 0 Å². The number of ether oxygens (including phenoxy) is 2. The van der Waals surface area contributed by atoms with E-state index in [2.05, 4.69) is 0 Å². The summed E-state index contributed by atoms with van der Waals surface area (Å²) in [7, 11) is 3.58. The Bertz CT molecular complexity index is 252. The minimum Gasteiger partial charge on any atom is -0.444 e. The maximum Gasteiger partial charge on any atom is 0.410 e. The topological polar surface area (TPSA) is 38.8 Å². The molecule has 1 rings (SSSR count). The summed E-state index contributed by atoms with van der Waals surface area (Å²) in [6.45, 7) is 5.67. The minimum atomic E-state index is -0.422. The lowest BCUT2D eigenvalue weighted by Crippen LogP contribution is -2.43. The molecule has 0 N–H and O–H groups in total. The Labute approximate surface area is 104 Å². The molecule has 0 saturated heterocycles. The van der Waals surface area contributed by atoms with Gasteiger partial charge < -0.3 is 14.4 Å². The molecule has 4 heteroatoms. The van der Waals surface area contributed by atoms with Gasteiger partial charge in [0.05, 0.1) is 6.10 Å². The predicted molar refractivity (Wildman–Crippen MR) is 67.1 cm³/mol. The largest absolute Gasteiger partial charge is 0.444 e. The lowest BCUT2D eigenvalue weighted by atomic mass is 9.92. The van der Waals surface area contributed by atoms with Crippen LogP contribution >= 0.6 is 0 Å². The highest BCUT2D eigenvalue weighted by molar-refractivity contribution is 5.68. The third-order valence-corrected chi connectivity index (χ3v) is 3.21. The molecule has 1 saturated carbocycles. The number of amides is 1. The molecule has 0 aliphatic heterocycles.